The Morgan fingerprint density at radius 2 is 1.77 bits per heavy atom. The minimum atomic E-state index is -4.49. The summed E-state index contributed by atoms with van der Waals surface area (Å²) in [4.78, 5) is 3.44. The van der Waals surface area contributed by atoms with Crippen molar-refractivity contribution in [3.05, 3.63) is 53.6 Å². The molecule has 3 rings (SSSR count). The minimum absolute atomic E-state index is 0.274. The molecule has 0 N–H and O–H groups in total. The predicted octanol–water partition coefficient (Wildman–Crippen LogP) is 8.40. The molecule has 1 unspecified atom stereocenters. The maximum Gasteiger partial charge on any atom is 0.433 e. The van der Waals surface area contributed by atoms with Crippen molar-refractivity contribution in [1.29, 1.82) is 0 Å². The zero-order valence-corrected chi connectivity index (χ0v) is 17.8. The quantitative estimate of drug-likeness (QED) is 0.323. The predicted molar refractivity (Wildman–Crippen MR) is 113 cm³/mol. The molecule has 1 saturated carbocycles. The molecule has 2 aromatic rings. The molecule has 0 spiro atoms. The molecule has 0 amide bonds. The number of hydrogen-bond acceptors (Lipinski definition) is 1. The third kappa shape index (κ3) is 5.61. The number of halogens is 4. The van der Waals surface area contributed by atoms with Crippen LogP contribution in [0.15, 0.2) is 36.5 Å². The highest BCUT2D eigenvalue weighted by atomic mass is 19.4. The number of unbranched alkanes of at least 4 members (excludes halogenated alkanes) is 2. The third-order valence-electron chi connectivity index (χ3n) is 6.70. The Morgan fingerprint density at radius 1 is 1.03 bits per heavy atom. The van der Waals surface area contributed by atoms with Gasteiger partial charge >= 0.3 is 6.18 Å². The Kier molecular flexibility index (Phi) is 7.54. The van der Waals surface area contributed by atoms with E-state index in [1.54, 1.807) is 12.1 Å². The van der Waals surface area contributed by atoms with Crippen LogP contribution in [0.4, 0.5) is 17.6 Å². The number of aromatic nitrogens is 1. The first-order valence-corrected chi connectivity index (χ1v) is 11.1. The van der Waals surface area contributed by atoms with Gasteiger partial charge in [0.2, 0.25) is 0 Å². The van der Waals surface area contributed by atoms with E-state index in [1.165, 1.54) is 57.4 Å². The van der Waals surface area contributed by atoms with Gasteiger partial charge in [0.05, 0.1) is 0 Å². The van der Waals surface area contributed by atoms with E-state index in [-0.39, 0.29) is 11.5 Å². The molecule has 1 nitrogen and oxygen atoms in total. The van der Waals surface area contributed by atoms with E-state index < -0.39 is 17.7 Å². The van der Waals surface area contributed by atoms with Gasteiger partial charge in [0.25, 0.3) is 0 Å². The second-order valence-corrected chi connectivity index (χ2v) is 8.73. The van der Waals surface area contributed by atoms with Crippen molar-refractivity contribution in [2.45, 2.75) is 77.3 Å². The summed E-state index contributed by atoms with van der Waals surface area (Å²) in [5, 5.41) is 0. The average molecular weight is 422 g/mol. The van der Waals surface area contributed by atoms with Crippen molar-refractivity contribution < 1.29 is 17.6 Å². The molecule has 1 heterocycles. The van der Waals surface area contributed by atoms with Crippen LogP contribution in [-0.4, -0.2) is 4.98 Å². The lowest BCUT2D eigenvalue weighted by Crippen LogP contribution is -2.19. The number of benzene rings is 1. The summed E-state index contributed by atoms with van der Waals surface area (Å²) in [6.45, 7) is 4.40. The summed E-state index contributed by atoms with van der Waals surface area (Å²) < 4.78 is 52.8. The van der Waals surface area contributed by atoms with Crippen LogP contribution < -0.4 is 0 Å². The largest absolute Gasteiger partial charge is 0.433 e. The Balaban J connectivity index is 1.64. The molecule has 1 aromatic heterocycles. The standard InChI is InChI=1S/C25H31F4N/c1-3-4-5-6-18-7-9-19(10-8-18)17(2)20-11-13-22(23(26)15-20)21-12-14-24(30-16-21)25(27,28)29/h11-19H,3-10H2,1-2H3. The lowest BCUT2D eigenvalue weighted by atomic mass is 9.73. The number of hydrogen-bond donors (Lipinski definition) is 0. The number of alkyl halides is 3. The number of rotatable bonds is 7. The first-order chi connectivity index (χ1) is 14.3. The van der Waals surface area contributed by atoms with E-state index >= 15 is 0 Å². The monoisotopic (exact) mass is 421 g/mol. The topological polar surface area (TPSA) is 12.9 Å². The average Bonchev–Trinajstić information content (AvgIpc) is 2.73. The fourth-order valence-electron chi connectivity index (χ4n) is 4.70. The summed E-state index contributed by atoms with van der Waals surface area (Å²) in [5.41, 5.74) is 0.631. The lowest BCUT2D eigenvalue weighted by molar-refractivity contribution is -0.141. The summed E-state index contributed by atoms with van der Waals surface area (Å²) in [6.07, 6.45) is 6.72. The Morgan fingerprint density at radius 3 is 2.33 bits per heavy atom. The van der Waals surface area contributed by atoms with Gasteiger partial charge in [-0.15, -0.1) is 0 Å². The van der Waals surface area contributed by atoms with Gasteiger partial charge in [-0.2, -0.15) is 13.2 Å². The Hall–Kier alpha value is -1.91. The van der Waals surface area contributed by atoms with Gasteiger partial charge < -0.3 is 0 Å². The fourth-order valence-corrected chi connectivity index (χ4v) is 4.70. The summed E-state index contributed by atoms with van der Waals surface area (Å²) >= 11 is 0. The molecule has 1 atom stereocenters. The zero-order valence-electron chi connectivity index (χ0n) is 17.8. The first kappa shape index (κ1) is 22.8. The van der Waals surface area contributed by atoms with Gasteiger partial charge in [-0.1, -0.05) is 70.6 Å². The van der Waals surface area contributed by atoms with Gasteiger partial charge in [-0.25, -0.2) is 4.39 Å². The number of nitrogens with zero attached hydrogens (tertiary/aromatic N) is 1. The van der Waals surface area contributed by atoms with Gasteiger partial charge in [-0.3, -0.25) is 4.98 Å². The van der Waals surface area contributed by atoms with E-state index in [4.69, 9.17) is 0 Å². The van der Waals surface area contributed by atoms with E-state index in [0.717, 1.165) is 23.7 Å². The van der Waals surface area contributed by atoms with Crippen LogP contribution in [0.2, 0.25) is 0 Å². The molecule has 5 heteroatoms. The summed E-state index contributed by atoms with van der Waals surface area (Å²) in [5.74, 6) is 1.27. The molecule has 164 valence electrons. The molecule has 1 aromatic carbocycles. The van der Waals surface area contributed by atoms with Crippen LogP contribution in [0.5, 0.6) is 0 Å². The Bertz CT molecular complexity index is 805. The van der Waals surface area contributed by atoms with Gasteiger partial charge in [0.15, 0.2) is 0 Å². The maximum atomic E-state index is 14.8. The van der Waals surface area contributed by atoms with Crippen LogP contribution >= 0.6 is 0 Å². The van der Waals surface area contributed by atoms with E-state index in [1.807, 2.05) is 6.07 Å². The van der Waals surface area contributed by atoms with Crippen molar-refractivity contribution in [2.75, 3.05) is 0 Å². The normalized spacial score (nSPS) is 20.9. The van der Waals surface area contributed by atoms with E-state index in [9.17, 15) is 17.6 Å². The molecule has 1 fully saturated rings. The summed E-state index contributed by atoms with van der Waals surface area (Å²) in [7, 11) is 0. The fraction of sp³-hybridized carbons (Fsp3) is 0.560. The van der Waals surface area contributed by atoms with Crippen LogP contribution in [0.3, 0.4) is 0 Å². The van der Waals surface area contributed by atoms with E-state index in [0.29, 0.717) is 11.5 Å². The minimum Gasteiger partial charge on any atom is -0.251 e. The lowest BCUT2D eigenvalue weighted by Gasteiger charge is -2.32. The maximum absolute atomic E-state index is 14.8. The van der Waals surface area contributed by atoms with Crippen LogP contribution in [-0.2, 0) is 6.18 Å². The molecule has 0 bridgehead atoms. The van der Waals surface area contributed by atoms with Gasteiger partial charge in [0.1, 0.15) is 11.5 Å². The molecule has 0 aliphatic heterocycles. The first-order valence-electron chi connectivity index (χ1n) is 11.1. The van der Waals surface area contributed by atoms with Crippen molar-refractivity contribution in [2.24, 2.45) is 11.8 Å². The molecule has 0 radical (unpaired) electrons. The van der Waals surface area contributed by atoms with Crippen LogP contribution in [0.1, 0.15) is 82.4 Å². The molecule has 1 aliphatic rings. The second-order valence-electron chi connectivity index (χ2n) is 8.73. The van der Waals surface area contributed by atoms with Gasteiger partial charge in [0, 0.05) is 17.3 Å². The van der Waals surface area contributed by atoms with Crippen molar-refractivity contribution in [3.63, 3.8) is 0 Å². The van der Waals surface area contributed by atoms with Crippen molar-refractivity contribution in [1.82, 2.24) is 4.98 Å². The van der Waals surface area contributed by atoms with Crippen LogP contribution in [0.25, 0.3) is 11.1 Å². The molecule has 0 saturated heterocycles. The highest BCUT2D eigenvalue weighted by Gasteiger charge is 2.32. The Labute approximate surface area is 176 Å². The zero-order chi connectivity index (χ0) is 21.7. The molecular formula is C25H31F4N. The van der Waals surface area contributed by atoms with Crippen molar-refractivity contribution >= 4 is 0 Å². The third-order valence-corrected chi connectivity index (χ3v) is 6.70. The van der Waals surface area contributed by atoms with Crippen molar-refractivity contribution in [3.8, 4) is 11.1 Å². The SMILES string of the molecule is CCCCCC1CCC(C(C)c2ccc(-c3ccc(C(F)(F)F)nc3)c(F)c2)CC1. The van der Waals surface area contributed by atoms with E-state index in [2.05, 4.69) is 18.8 Å². The highest BCUT2D eigenvalue weighted by molar-refractivity contribution is 5.63. The number of pyridine rings is 1. The molecular weight excluding hydrogens is 390 g/mol. The summed E-state index contributed by atoms with van der Waals surface area (Å²) in [6, 6.07) is 7.29. The smallest absolute Gasteiger partial charge is 0.251 e. The van der Waals surface area contributed by atoms with Gasteiger partial charge in [-0.05, 0) is 48.3 Å². The highest BCUT2D eigenvalue weighted by Crippen LogP contribution is 2.40. The van der Waals surface area contributed by atoms with Crippen LogP contribution in [0, 0.1) is 17.7 Å². The molecule has 1 aliphatic carbocycles. The second kappa shape index (κ2) is 9.93. The molecule has 30 heavy (non-hydrogen) atoms.